The summed E-state index contributed by atoms with van der Waals surface area (Å²) in [6.45, 7) is 11.0. The third kappa shape index (κ3) is 4.27. The van der Waals surface area contributed by atoms with E-state index in [0.29, 0.717) is 13.2 Å². The van der Waals surface area contributed by atoms with Gasteiger partial charge < -0.3 is 23.7 Å². The smallest absolute Gasteiger partial charge is 0.399 e. The summed E-state index contributed by atoms with van der Waals surface area (Å²) in [6.07, 6.45) is 1.82. The predicted molar refractivity (Wildman–Crippen MR) is 95.9 cm³/mol. The summed E-state index contributed by atoms with van der Waals surface area (Å²) in [5.41, 5.74) is 0.231. The molecule has 1 aromatic rings. The van der Waals surface area contributed by atoms with Gasteiger partial charge in [-0.05, 0) is 33.8 Å². The lowest BCUT2D eigenvalue weighted by molar-refractivity contribution is 0.00578. The molecule has 0 spiro atoms. The number of hydrogen-bond donors (Lipinski definition) is 0. The van der Waals surface area contributed by atoms with Crippen LogP contribution in [0.25, 0.3) is 0 Å². The van der Waals surface area contributed by atoms with Crippen LogP contribution in [-0.2, 0) is 18.8 Å². The van der Waals surface area contributed by atoms with Gasteiger partial charge in [0, 0.05) is 39.0 Å². The fourth-order valence-electron chi connectivity index (χ4n) is 2.45. The van der Waals surface area contributed by atoms with Crippen LogP contribution in [0, 0.1) is 0 Å². The second-order valence-corrected chi connectivity index (χ2v) is 7.01. The Hall–Kier alpha value is -1.15. The Labute approximate surface area is 145 Å². The van der Waals surface area contributed by atoms with Crippen LogP contribution in [0.5, 0.6) is 0 Å². The maximum atomic E-state index is 6.06. The van der Waals surface area contributed by atoms with Gasteiger partial charge in [-0.15, -0.1) is 0 Å². The zero-order chi connectivity index (χ0) is 17.8. The number of anilines is 1. The third-order valence-corrected chi connectivity index (χ3v) is 4.75. The molecule has 0 aromatic carbocycles. The molecule has 7 heteroatoms. The van der Waals surface area contributed by atoms with Crippen molar-refractivity contribution in [2.75, 3.05) is 45.4 Å². The lowest BCUT2D eigenvalue weighted by Crippen LogP contribution is -2.41. The number of aromatic nitrogens is 1. The fourth-order valence-corrected chi connectivity index (χ4v) is 2.45. The van der Waals surface area contributed by atoms with Gasteiger partial charge in [0.15, 0.2) is 0 Å². The second kappa shape index (κ2) is 7.82. The average Bonchev–Trinajstić information content (AvgIpc) is 2.76. The van der Waals surface area contributed by atoms with Crippen LogP contribution in [0.4, 0.5) is 5.82 Å². The first-order chi connectivity index (χ1) is 11.3. The van der Waals surface area contributed by atoms with Gasteiger partial charge in [0.2, 0.25) is 0 Å². The topological polar surface area (TPSA) is 53.1 Å². The number of nitrogens with zero attached hydrogens (tertiary/aromatic N) is 2. The number of rotatable bonds is 8. The van der Waals surface area contributed by atoms with Gasteiger partial charge in [-0.25, -0.2) is 4.98 Å². The van der Waals surface area contributed by atoms with Gasteiger partial charge in [0.1, 0.15) is 5.82 Å². The molecular formula is C17H29BN2O4. The first-order valence-electron chi connectivity index (χ1n) is 8.35. The second-order valence-electron chi connectivity index (χ2n) is 7.01. The molecule has 0 N–H and O–H groups in total. The number of pyridine rings is 1. The zero-order valence-corrected chi connectivity index (χ0v) is 15.7. The van der Waals surface area contributed by atoms with Gasteiger partial charge in [0.25, 0.3) is 0 Å². The summed E-state index contributed by atoms with van der Waals surface area (Å²) < 4.78 is 22.5. The van der Waals surface area contributed by atoms with E-state index in [9.17, 15) is 0 Å². The normalized spacial score (nSPS) is 18.8. The van der Waals surface area contributed by atoms with Crippen LogP contribution in [0.15, 0.2) is 18.3 Å². The van der Waals surface area contributed by atoms with E-state index >= 15 is 0 Å². The van der Waals surface area contributed by atoms with Gasteiger partial charge in [-0.2, -0.15) is 0 Å². The maximum absolute atomic E-state index is 6.06. The van der Waals surface area contributed by atoms with Crippen LogP contribution < -0.4 is 10.4 Å². The Morgan fingerprint density at radius 1 is 1.00 bits per heavy atom. The highest BCUT2D eigenvalue weighted by molar-refractivity contribution is 6.62. The molecule has 1 aliphatic rings. The van der Waals surface area contributed by atoms with Gasteiger partial charge in [-0.3, -0.25) is 0 Å². The molecule has 2 heterocycles. The van der Waals surface area contributed by atoms with E-state index in [1.807, 2.05) is 46.0 Å². The molecule has 24 heavy (non-hydrogen) atoms. The minimum Gasteiger partial charge on any atom is -0.399 e. The maximum Gasteiger partial charge on any atom is 0.496 e. The Morgan fingerprint density at radius 2 is 1.54 bits per heavy atom. The van der Waals surface area contributed by atoms with Crippen molar-refractivity contribution in [2.24, 2.45) is 0 Å². The summed E-state index contributed by atoms with van der Waals surface area (Å²) in [7, 11) is 3.01. The van der Waals surface area contributed by atoms with Crippen LogP contribution in [0.3, 0.4) is 0 Å². The lowest BCUT2D eigenvalue weighted by atomic mass is 9.80. The molecule has 0 radical (unpaired) electrons. The predicted octanol–water partition coefficient (Wildman–Crippen LogP) is 1.48. The van der Waals surface area contributed by atoms with Crippen molar-refractivity contribution in [2.45, 2.75) is 38.9 Å². The van der Waals surface area contributed by atoms with Crippen molar-refractivity contribution < 1.29 is 18.8 Å². The number of hydrogen-bond acceptors (Lipinski definition) is 6. The van der Waals surface area contributed by atoms with E-state index in [2.05, 4.69) is 9.88 Å². The Kier molecular flexibility index (Phi) is 6.25. The Balaban J connectivity index is 2.09. The van der Waals surface area contributed by atoms with Gasteiger partial charge in [0.05, 0.1) is 24.4 Å². The van der Waals surface area contributed by atoms with Crippen molar-refractivity contribution >= 4 is 18.4 Å². The van der Waals surface area contributed by atoms with Crippen LogP contribution >= 0.6 is 0 Å². The minimum atomic E-state index is -0.386. The Bertz CT molecular complexity index is 498. The molecule has 134 valence electrons. The molecule has 1 saturated heterocycles. The van der Waals surface area contributed by atoms with Crippen LogP contribution in [0.1, 0.15) is 27.7 Å². The van der Waals surface area contributed by atoms with Crippen molar-refractivity contribution in [3.05, 3.63) is 18.3 Å². The summed E-state index contributed by atoms with van der Waals surface area (Å²) in [4.78, 5) is 6.72. The first-order valence-corrected chi connectivity index (χ1v) is 8.35. The van der Waals surface area contributed by atoms with Gasteiger partial charge in [-0.1, -0.05) is 6.07 Å². The molecule has 0 bridgehead atoms. The number of methoxy groups -OCH3 is 2. The molecule has 1 aromatic heterocycles. The van der Waals surface area contributed by atoms with Crippen molar-refractivity contribution in [3.8, 4) is 0 Å². The monoisotopic (exact) mass is 336 g/mol. The van der Waals surface area contributed by atoms with E-state index < -0.39 is 0 Å². The summed E-state index contributed by atoms with van der Waals surface area (Å²) in [6, 6.07) is 4.00. The van der Waals surface area contributed by atoms with E-state index in [0.717, 1.165) is 24.4 Å². The largest absolute Gasteiger partial charge is 0.496 e. The first kappa shape index (κ1) is 19.2. The molecule has 0 atom stereocenters. The molecule has 2 rings (SSSR count). The molecular weight excluding hydrogens is 307 g/mol. The van der Waals surface area contributed by atoms with Crippen molar-refractivity contribution in [1.82, 2.24) is 4.98 Å². The molecule has 0 unspecified atom stereocenters. The lowest BCUT2D eigenvalue weighted by Gasteiger charge is -2.32. The van der Waals surface area contributed by atoms with Crippen molar-refractivity contribution in [3.63, 3.8) is 0 Å². The summed E-state index contributed by atoms with van der Waals surface area (Å²) in [5.74, 6) is 0.893. The minimum absolute atomic E-state index is 0.348. The fraction of sp³-hybridized carbons (Fsp3) is 0.706. The standard InChI is InChI=1S/C17H29BN2O4/c1-16(2)17(3,4)24-18(23-16)14-7-8-15(19-13-14)20(9-11-21-5)10-12-22-6/h7-8,13H,9-12H2,1-6H3. The average molecular weight is 336 g/mol. The van der Waals surface area contributed by atoms with Gasteiger partial charge >= 0.3 is 7.12 Å². The highest BCUT2D eigenvalue weighted by atomic mass is 16.7. The van der Waals surface area contributed by atoms with Crippen molar-refractivity contribution in [1.29, 1.82) is 0 Å². The highest BCUT2D eigenvalue weighted by Gasteiger charge is 2.51. The molecule has 1 fully saturated rings. The highest BCUT2D eigenvalue weighted by Crippen LogP contribution is 2.36. The molecule has 0 saturated carbocycles. The summed E-state index contributed by atoms with van der Waals surface area (Å²) in [5, 5.41) is 0. The SMILES string of the molecule is COCCN(CCOC)c1ccc(B2OC(C)(C)C(C)(C)O2)cn1. The molecule has 1 aliphatic heterocycles. The Morgan fingerprint density at radius 3 is 1.96 bits per heavy atom. The van der Waals surface area contributed by atoms with E-state index in [1.54, 1.807) is 14.2 Å². The quantitative estimate of drug-likeness (QED) is 0.671. The molecule has 6 nitrogen and oxygen atoms in total. The van der Waals surface area contributed by atoms with Crippen LogP contribution in [-0.4, -0.2) is 63.8 Å². The van der Waals surface area contributed by atoms with E-state index in [4.69, 9.17) is 18.8 Å². The molecule has 0 aliphatic carbocycles. The third-order valence-electron chi connectivity index (χ3n) is 4.75. The number of ether oxygens (including phenoxy) is 2. The van der Waals surface area contributed by atoms with Crippen LogP contribution in [0.2, 0.25) is 0 Å². The summed E-state index contributed by atoms with van der Waals surface area (Å²) >= 11 is 0. The molecule has 0 amide bonds. The van der Waals surface area contributed by atoms with E-state index in [1.165, 1.54) is 0 Å². The van der Waals surface area contributed by atoms with E-state index in [-0.39, 0.29) is 18.3 Å². The zero-order valence-electron chi connectivity index (χ0n) is 15.7.